The van der Waals surface area contributed by atoms with Gasteiger partial charge in [-0.2, -0.15) is 0 Å². The Morgan fingerprint density at radius 2 is 2.15 bits per heavy atom. The largest absolute Gasteiger partial charge is 0.381 e. The maximum atomic E-state index is 13.7. The lowest BCUT2D eigenvalue weighted by atomic mass is 9.96. The van der Waals surface area contributed by atoms with Crippen LogP contribution in [0.4, 0.5) is 15.9 Å². The molecule has 4 aromatic rings. The van der Waals surface area contributed by atoms with Gasteiger partial charge in [-0.05, 0) is 42.2 Å². The predicted molar refractivity (Wildman–Crippen MR) is 148 cm³/mol. The molecule has 2 saturated heterocycles. The Kier molecular flexibility index (Phi) is 6.45. The number of rotatable bonds is 7. The average molecular weight is 543 g/mol. The van der Waals surface area contributed by atoms with Gasteiger partial charge in [0.1, 0.15) is 17.3 Å². The van der Waals surface area contributed by atoms with Gasteiger partial charge in [-0.3, -0.25) is 14.1 Å². The van der Waals surface area contributed by atoms with Gasteiger partial charge >= 0.3 is 0 Å². The molecule has 1 amide bonds. The van der Waals surface area contributed by atoms with Gasteiger partial charge in [0.15, 0.2) is 0 Å². The zero-order valence-corrected chi connectivity index (χ0v) is 22.3. The molecule has 1 aromatic carbocycles. The topological polar surface area (TPSA) is 93.0 Å². The van der Waals surface area contributed by atoms with Crippen LogP contribution in [0.3, 0.4) is 0 Å². The minimum atomic E-state index is -0.340. The van der Waals surface area contributed by atoms with Crippen molar-refractivity contribution in [2.75, 3.05) is 38.7 Å². The summed E-state index contributed by atoms with van der Waals surface area (Å²) in [5.74, 6) is 0.556. The number of carbonyl (C=O) groups is 1. The summed E-state index contributed by atoms with van der Waals surface area (Å²) in [6.07, 6.45) is 5.64. The molecule has 10 heteroatoms. The first kappa shape index (κ1) is 25.1. The molecule has 0 unspecified atom stereocenters. The number of nitrogens with zero attached hydrogens (tertiary/aromatic N) is 4. The van der Waals surface area contributed by atoms with Crippen molar-refractivity contribution in [3.63, 3.8) is 0 Å². The zero-order chi connectivity index (χ0) is 27.2. The quantitative estimate of drug-likeness (QED) is 0.361. The van der Waals surface area contributed by atoms with Gasteiger partial charge in [0, 0.05) is 63.6 Å². The van der Waals surface area contributed by atoms with Crippen molar-refractivity contribution < 1.29 is 18.7 Å². The number of methoxy groups -OCH3 is 1. The fourth-order valence-electron chi connectivity index (χ4n) is 6.19. The van der Waals surface area contributed by atoms with E-state index in [1.807, 2.05) is 22.6 Å². The number of benzene rings is 1. The number of hydrogen-bond donors (Lipinski definition) is 2. The zero-order valence-electron chi connectivity index (χ0n) is 22.3. The number of anilines is 2. The van der Waals surface area contributed by atoms with E-state index in [-0.39, 0.29) is 17.8 Å². The SMILES string of the molecule is CO[C@H]1CCN(Cc2nc(Nc3ccc(-c4cnc5cc(F)ccn45)c4c3C(=O)NC4)ccc2[C@H]2CCOC2)C1. The molecule has 7 rings (SSSR count). The molecule has 206 valence electrons. The first-order chi connectivity index (χ1) is 19.6. The number of nitrogens with one attached hydrogen (secondary N) is 2. The van der Waals surface area contributed by atoms with Crippen LogP contribution < -0.4 is 10.6 Å². The predicted octanol–water partition coefficient (Wildman–Crippen LogP) is 4.25. The summed E-state index contributed by atoms with van der Waals surface area (Å²) < 4.78 is 26.8. The van der Waals surface area contributed by atoms with Gasteiger partial charge in [-0.25, -0.2) is 14.4 Å². The van der Waals surface area contributed by atoms with E-state index < -0.39 is 0 Å². The third-order valence-electron chi connectivity index (χ3n) is 8.29. The summed E-state index contributed by atoms with van der Waals surface area (Å²) in [5, 5.41) is 6.40. The van der Waals surface area contributed by atoms with E-state index in [2.05, 4.69) is 26.6 Å². The first-order valence-electron chi connectivity index (χ1n) is 13.7. The number of amides is 1. The second-order valence-corrected chi connectivity index (χ2v) is 10.7. The van der Waals surface area contributed by atoms with Crippen molar-refractivity contribution in [2.24, 2.45) is 0 Å². The fraction of sp³-hybridized carbons (Fsp3) is 0.367. The minimum absolute atomic E-state index is 0.137. The molecule has 3 aliphatic heterocycles. The molecule has 6 heterocycles. The van der Waals surface area contributed by atoms with Crippen LogP contribution in [0.1, 0.15) is 45.9 Å². The van der Waals surface area contributed by atoms with E-state index in [9.17, 15) is 9.18 Å². The third kappa shape index (κ3) is 4.51. The Labute approximate surface area is 231 Å². The van der Waals surface area contributed by atoms with Crippen LogP contribution in [-0.2, 0) is 22.6 Å². The van der Waals surface area contributed by atoms with E-state index >= 15 is 0 Å². The summed E-state index contributed by atoms with van der Waals surface area (Å²) in [7, 11) is 1.77. The monoisotopic (exact) mass is 542 g/mol. The standard InChI is InChI=1S/C30H31FN6O3/c1-39-20-7-9-36(15-20)16-25-21(18-8-11-40-17-18)3-5-27(35-25)34-24-4-2-22(23-13-33-30(38)29(23)24)26-14-32-28-12-19(31)6-10-37(26)28/h2-6,10,12,14,18,20H,7-9,11,13,15-17H2,1H3,(H,33,38)(H,34,35)/t18-,20-/m0/s1. The maximum absolute atomic E-state index is 13.7. The highest BCUT2D eigenvalue weighted by atomic mass is 19.1. The number of ether oxygens (including phenoxy) is 2. The van der Waals surface area contributed by atoms with Crippen LogP contribution in [0.2, 0.25) is 0 Å². The lowest BCUT2D eigenvalue weighted by Crippen LogP contribution is -2.24. The molecule has 0 aliphatic carbocycles. The smallest absolute Gasteiger partial charge is 0.254 e. The Hall–Kier alpha value is -3.86. The van der Waals surface area contributed by atoms with Crippen molar-refractivity contribution in [1.29, 1.82) is 0 Å². The van der Waals surface area contributed by atoms with Gasteiger partial charge in [0.25, 0.3) is 5.91 Å². The van der Waals surface area contributed by atoms with Gasteiger partial charge in [-0.1, -0.05) is 12.1 Å². The minimum Gasteiger partial charge on any atom is -0.381 e. The summed E-state index contributed by atoms with van der Waals surface area (Å²) >= 11 is 0. The van der Waals surface area contributed by atoms with E-state index in [0.717, 1.165) is 61.6 Å². The molecular formula is C30H31FN6O3. The van der Waals surface area contributed by atoms with Crippen molar-refractivity contribution >= 4 is 23.1 Å². The molecule has 9 nitrogen and oxygen atoms in total. The molecule has 2 fully saturated rings. The number of carbonyl (C=O) groups excluding carboxylic acids is 1. The van der Waals surface area contributed by atoms with E-state index in [1.165, 1.54) is 17.7 Å². The summed E-state index contributed by atoms with van der Waals surface area (Å²) in [5.41, 5.74) is 6.63. The van der Waals surface area contributed by atoms with Gasteiger partial charge in [0.2, 0.25) is 0 Å². The second-order valence-electron chi connectivity index (χ2n) is 10.7. The number of pyridine rings is 2. The summed E-state index contributed by atoms with van der Waals surface area (Å²) in [4.78, 5) is 24.8. The van der Waals surface area contributed by atoms with Crippen LogP contribution in [0, 0.1) is 5.82 Å². The van der Waals surface area contributed by atoms with Crippen molar-refractivity contribution in [2.45, 2.75) is 38.0 Å². The Morgan fingerprint density at radius 1 is 1.23 bits per heavy atom. The second kappa shape index (κ2) is 10.3. The maximum Gasteiger partial charge on any atom is 0.254 e. The Balaban J connectivity index is 1.22. The van der Waals surface area contributed by atoms with Crippen molar-refractivity contribution in [3.05, 3.63) is 77.0 Å². The Bertz CT molecular complexity index is 1600. The van der Waals surface area contributed by atoms with E-state index in [4.69, 9.17) is 14.5 Å². The third-order valence-corrected chi connectivity index (χ3v) is 8.29. The average Bonchev–Trinajstić information content (AvgIpc) is 3.77. The van der Waals surface area contributed by atoms with Gasteiger partial charge in [0.05, 0.1) is 41.5 Å². The molecule has 2 atom stereocenters. The molecule has 2 N–H and O–H groups in total. The van der Waals surface area contributed by atoms with Gasteiger partial charge < -0.3 is 20.1 Å². The van der Waals surface area contributed by atoms with Crippen LogP contribution in [-0.4, -0.2) is 64.7 Å². The summed E-state index contributed by atoms with van der Waals surface area (Å²) in [6.45, 7) is 4.50. The highest BCUT2D eigenvalue weighted by molar-refractivity contribution is 6.06. The molecule has 40 heavy (non-hydrogen) atoms. The van der Waals surface area contributed by atoms with Crippen LogP contribution in [0.5, 0.6) is 0 Å². The molecule has 0 radical (unpaired) electrons. The van der Waals surface area contributed by atoms with Crippen LogP contribution in [0.15, 0.2) is 48.8 Å². The number of halogens is 1. The van der Waals surface area contributed by atoms with Crippen molar-refractivity contribution in [1.82, 2.24) is 24.6 Å². The highest BCUT2D eigenvalue weighted by Crippen LogP contribution is 2.36. The lowest BCUT2D eigenvalue weighted by Gasteiger charge is -2.21. The van der Waals surface area contributed by atoms with E-state index in [1.54, 1.807) is 19.5 Å². The Morgan fingerprint density at radius 3 is 2.98 bits per heavy atom. The molecule has 0 bridgehead atoms. The fourth-order valence-corrected chi connectivity index (χ4v) is 6.19. The number of hydrogen-bond acceptors (Lipinski definition) is 7. The normalized spacial score (nSPS) is 20.8. The molecule has 0 spiro atoms. The highest BCUT2D eigenvalue weighted by Gasteiger charge is 2.29. The first-order valence-corrected chi connectivity index (χ1v) is 13.7. The summed E-state index contributed by atoms with van der Waals surface area (Å²) in [6, 6.07) is 10.8. The number of imidazole rings is 1. The number of aromatic nitrogens is 3. The molecule has 3 aliphatic rings. The van der Waals surface area contributed by atoms with Crippen LogP contribution in [0.25, 0.3) is 16.9 Å². The van der Waals surface area contributed by atoms with Crippen LogP contribution >= 0.6 is 0 Å². The number of fused-ring (bicyclic) bond motifs is 2. The van der Waals surface area contributed by atoms with Crippen molar-refractivity contribution in [3.8, 4) is 11.3 Å². The molecular weight excluding hydrogens is 511 g/mol. The number of likely N-dealkylation sites (tertiary alicyclic amines) is 1. The molecule has 0 saturated carbocycles. The molecule has 3 aromatic heterocycles. The lowest BCUT2D eigenvalue weighted by molar-refractivity contribution is 0.0966. The van der Waals surface area contributed by atoms with E-state index in [0.29, 0.717) is 41.8 Å². The van der Waals surface area contributed by atoms with Gasteiger partial charge in [-0.15, -0.1) is 0 Å².